The molecule has 0 fully saturated rings. The largest absolute Gasteiger partial charge is 0.416 e. The van der Waals surface area contributed by atoms with Gasteiger partial charge in [-0.2, -0.15) is 18.3 Å². The second-order valence-electron chi connectivity index (χ2n) is 8.12. The van der Waals surface area contributed by atoms with Gasteiger partial charge in [0, 0.05) is 29.6 Å². The van der Waals surface area contributed by atoms with Gasteiger partial charge in [-0.15, -0.1) is 0 Å². The van der Waals surface area contributed by atoms with Gasteiger partial charge in [-0.05, 0) is 42.3 Å². The number of carbonyl (C=O) groups is 2. The van der Waals surface area contributed by atoms with Crippen molar-refractivity contribution in [3.8, 4) is 11.1 Å². The van der Waals surface area contributed by atoms with Gasteiger partial charge in [0.2, 0.25) is 6.54 Å². The first-order chi connectivity index (χ1) is 17.0. The van der Waals surface area contributed by atoms with Crippen LogP contribution in [0, 0.1) is 13.8 Å². The topological polar surface area (TPSA) is 106 Å². The highest BCUT2D eigenvalue weighted by Crippen LogP contribution is 2.30. The first-order valence-electron chi connectivity index (χ1n) is 10.8. The Labute approximate surface area is 203 Å². The predicted octanol–water partition coefficient (Wildman–Crippen LogP) is 4.01. The van der Waals surface area contributed by atoms with Crippen LogP contribution < -0.4 is 15.3 Å². The van der Waals surface area contributed by atoms with E-state index in [1.54, 1.807) is 0 Å². The van der Waals surface area contributed by atoms with Crippen molar-refractivity contribution in [1.29, 1.82) is 0 Å². The molecule has 186 valence electrons. The number of alkyl halides is 3. The Morgan fingerprint density at radius 1 is 1.11 bits per heavy atom. The Kier molecular flexibility index (Phi) is 6.60. The molecule has 9 nitrogen and oxygen atoms in total. The maximum absolute atomic E-state index is 12.8. The summed E-state index contributed by atoms with van der Waals surface area (Å²) in [4.78, 5) is 24.4. The van der Waals surface area contributed by atoms with Crippen molar-refractivity contribution in [2.75, 3.05) is 5.32 Å². The molecule has 3 amide bonds. The number of carbonyl (C=O) groups excluding carboxylic acids is 2. The van der Waals surface area contributed by atoms with E-state index < -0.39 is 23.7 Å². The molecule has 0 aliphatic heterocycles. The zero-order chi connectivity index (χ0) is 26.0. The molecule has 36 heavy (non-hydrogen) atoms. The molecule has 2 heterocycles. The molecule has 0 radical (unpaired) electrons. The fourth-order valence-electron chi connectivity index (χ4n) is 3.71. The van der Waals surface area contributed by atoms with Crippen LogP contribution in [0.5, 0.6) is 0 Å². The van der Waals surface area contributed by atoms with Crippen LogP contribution in [0.4, 0.5) is 23.7 Å². The van der Waals surface area contributed by atoms with Gasteiger partial charge in [-0.3, -0.25) is 19.3 Å². The van der Waals surface area contributed by atoms with Gasteiger partial charge in [0.15, 0.2) is 5.27 Å². The zero-order valence-corrected chi connectivity index (χ0v) is 19.6. The molecule has 4 rings (SSSR count). The summed E-state index contributed by atoms with van der Waals surface area (Å²) < 4.78 is 46.7. The van der Waals surface area contributed by atoms with Crippen molar-refractivity contribution in [1.82, 2.24) is 20.4 Å². The van der Waals surface area contributed by atoms with Gasteiger partial charge in [-0.25, -0.2) is 4.79 Å². The zero-order valence-electron chi connectivity index (χ0n) is 19.6. The number of amides is 3. The summed E-state index contributed by atoms with van der Waals surface area (Å²) in [5.41, 5.74) is 3.93. The van der Waals surface area contributed by atoms with Gasteiger partial charge >= 0.3 is 18.1 Å². The summed E-state index contributed by atoms with van der Waals surface area (Å²) >= 11 is 0. The second kappa shape index (κ2) is 9.64. The van der Waals surface area contributed by atoms with Crippen molar-refractivity contribution in [2.24, 2.45) is 7.05 Å². The van der Waals surface area contributed by atoms with Crippen LogP contribution in [-0.4, -0.2) is 27.0 Å². The Morgan fingerprint density at radius 3 is 2.47 bits per heavy atom. The average molecular weight is 499 g/mol. The maximum Gasteiger partial charge on any atom is 0.416 e. The third-order valence-corrected chi connectivity index (χ3v) is 5.51. The number of halogens is 3. The lowest BCUT2D eigenvalue weighted by Gasteiger charge is -2.09. The van der Waals surface area contributed by atoms with E-state index in [2.05, 4.69) is 15.7 Å². The van der Waals surface area contributed by atoms with Crippen molar-refractivity contribution in [3.05, 3.63) is 83.0 Å². The third kappa shape index (κ3) is 5.43. The lowest BCUT2D eigenvalue weighted by Crippen LogP contribution is -2.37. The second-order valence-corrected chi connectivity index (χ2v) is 8.12. The number of hydrogen-bond donors (Lipinski definition) is 2. The maximum atomic E-state index is 12.8. The smallest absolute Gasteiger partial charge is 0.308 e. The van der Waals surface area contributed by atoms with Gasteiger partial charge < -0.3 is 5.32 Å². The summed E-state index contributed by atoms with van der Waals surface area (Å²) in [5, 5.41) is 12.4. The van der Waals surface area contributed by atoms with Crippen LogP contribution in [0.2, 0.25) is 0 Å². The number of imide groups is 1. The number of hydrogen-bond acceptors (Lipinski definition) is 5. The standard InChI is InChI=1S/C24H21F3N6O3/c1-14-21(15(2)32(3)30-14)17-9-7-16(8-10-17)12-33-13-20(36-31-33)22(34)29-23(35)28-19-6-4-5-18(11-19)24(25,26)27/h4-11,13H,12H2,1-3H3,(H-,28,29,34,35)/p+1. The molecule has 0 spiro atoms. The summed E-state index contributed by atoms with van der Waals surface area (Å²) in [6.07, 6.45) is -3.25. The number of benzene rings is 2. The molecule has 0 saturated carbocycles. The highest BCUT2D eigenvalue weighted by Gasteiger charge is 2.30. The van der Waals surface area contributed by atoms with Crippen LogP contribution in [0.3, 0.4) is 0 Å². The lowest BCUT2D eigenvalue weighted by molar-refractivity contribution is -0.754. The molecule has 0 bridgehead atoms. The normalized spacial score (nSPS) is 11.4. The van der Waals surface area contributed by atoms with E-state index in [-0.39, 0.29) is 11.4 Å². The van der Waals surface area contributed by atoms with E-state index in [1.807, 2.05) is 55.2 Å². The van der Waals surface area contributed by atoms with E-state index in [9.17, 15) is 22.8 Å². The first kappa shape index (κ1) is 24.6. The number of aromatic nitrogens is 4. The van der Waals surface area contributed by atoms with Crippen molar-refractivity contribution >= 4 is 17.6 Å². The van der Waals surface area contributed by atoms with E-state index in [0.717, 1.165) is 46.3 Å². The summed E-state index contributed by atoms with van der Waals surface area (Å²) in [6, 6.07) is 10.8. The minimum absolute atomic E-state index is 0.122. The molecule has 0 aliphatic rings. The predicted molar refractivity (Wildman–Crippen MR) is 122 cm³/mol. The molecule has 0 atom stereocenters. The van der Waals surface area contributed by atoms with E-state index in [1.165, 1.54) is 16.9 Å². The Balaban J connectivity index is 1.37. The van der Waals surface area contributed by atoms with Crippen LogP contribution in [0.1, 0.15) is 33.1 Å². The van der Waals surface area contributed by atoms with Crippen molar-refractivity contribution < 1.29 is 32.0 Å². The van der Waals surface area contributed by atoms with E-state index in [4.69, 9.17) is 4.52 Å². The van der Waals surface area contributed by atoms with Crippen LogP contribution in [-0.2, 0) is 19.8 Å². The molecule has 2 aromatic heterocycles. The molecule has 2 N–H and O–H groups in total. The number of anilines is 1. The van der Waals surface area contributed by atoms with Gasteiger partial charge in [-0.1, -0.05) is 30.3 Å². The number of nitrogens with one attached hydrogen (secondary N) is 2. The number of urea groups is 1. The molecule has 0 aliphatic carbocycles. The SMILES string of the molecule is Cc1nn(C)c(C)c1-c1ccc(C[n+]2cc(C(=O)NC(=O)Nc3cccc(C(F)(F)F)c3)on2)cc1. The molecule has 0 saturated heterocycles. The van der Waals surface area contributed by atoms with Gasteiger partial charge in [0.1, 0.15) is 0 Å². The lowest BCUT2D eigenvalue weighted by atomic mass is 10.0. The Hall–Kier alpha value is -4.48. The molecule has 2 aromatic carbocycles. The minimum Gasteiger partial charge on any atom is -0.308 e. The Bertz CT molecular complexity index is 1420. The van der Waals surface area contributed by atoms with Crippen molar-refractivity contribution in [3.63, 3.8) is 0 Å². The highest BCUT2D eigenvalue weighted by atomic mass is 19.4. The minimum atomic E-state index is -4.56. The molecule has 12 heteroatoms. The monoisotopic (exact) mass is 499 g/mol. The summed E-state index contributed by atoms with van der Waals surface area (Å²) in [5.74, 6) is -1.14. The average Bonchev–Trinajstić information content (AvgIpc) is 3.38. The van der Waals surface area contributed by atoms with Crippen LogP contribution in [0.15, 0.2) is 59.3 Å². The number of aryl methyl sites for hydroxylation is 2. The summed E-state index contributed by atoms with van der Waals surface area (Å²) in [6.45, 7) is 4.26. The first-order valence-corrected chi connectivity index (χ1v) is 10.8. The molecule has 4 aromatic rings. The fourth-order valence-corrected chi connectivity index (χ4v) is 3.71. The molecular weight excluding hydrogens is 477 g/mol. The van der Waals surface area contributed by atoms with Gasteiger partial charge in [0.05, 0.1) is 11.3 Å². The van der Waals surface area contributed by atoms with Crippen LogP contribution in [0.25, 0.3) is 11.1 Å². The van der Waals surface area contributed by atoms with Crippen molar-refractivity contribution in [2.45, 2.75) is 26.6 Å². The number of rotatable bonds is 5. The molecular formula is C24H22F3N6O3+. The quantitative estimate of drug-likeness (QED) is 0.404. The van der Waals surface area contributed by atoms with Gasteiger partial charge in [0.25, 0.3) is 12.0 Å². The molecule has 0 unspecified atom stereocenters. The Morgan fingerprint density at radius 2 is 1.83 bits per heavy atom. The van der Waals surface area contributed by atoms with E-state index >= 15 is 0 Å². The third-order valence-electron chi connectivity index (χ3n) is 5.51. The van der Waals surface area contributed by atoms with E-state index in [0.29, 0.717) is 6.54 Å². The van der Waals surface area contributed by atoms with Crippen LogP contribution >= 0.6 is 0 Å². The fraction of sp³-hybridized carbons (Fsp3) is 0.208. The summed E-state index contributed by atoms with van der Waals surface area (Å²) in [7, 11) is 1.89. The number of nitrogens with zero attached hydrogens (tertiary/aromatic N) is 4. The highest BCUT2D eigenvalue weighted by molar-refractivity contribution is 6.06.